The summed E-state index contributed by atoms with van der Waals surface area (Å²) >= 11 is 0. The molecule has 4 aromatic rings. The first-order valence-electron chi connectivity index (χ1n) is 11.9. The lowest BCUT2D eigenvalue weighted by Gasteiger charge is -2.27. The normalized spacial score (nSPS) is 11.3. The van der Waals surface area contributed by atoms with Crippen LogP contribution in [0.5, 0.6) is 0 Å². The summed E-state index contributed by atoms with van der Waals surface area (Å²) in [5.41, 5.74) is 4.10. The standard InChI is InChI=1S/C29H31N5O3/c1-18-10-11-22(16-25(18)31-21-12-13-24-23(15-21)27(36)34(6)17-30-24)32-26(35)19-8-7-9-20(14-19)29(2,3)28(37)33(4)5/h7-17,31H,1-6H3,(H,32,35). The van der Waals surface area contributed by atoms with Crippen LogP contribution < -0.4 is 16.2 Å². The average Bonchev–Trinajstić information content (AvgIpc) is 2.88. The predicted octanol–water partition coefficient (Wildman–Crippen LogP) is 4.60. The molecule has 2 amide bonds. The molecule has 37 heavy (non-hydrogen) atoms. The van der Waals surface area contributed by atoms with Gasteiger partial charge in [-0.2, -0.15) is 0 Å². The number of aromatic nitrogens is 2. The summed E-state index contributed by atoms with van der Waals surface area (Å²) in [6, 6.07) is 18.2. The number of nitrogens with one attached hydrogen (secondary N) is 2. The SMILES string of the molecule is Cc1ccc(NC(=O)c2cccc(C(C)(C)C(=O)N(C)C)c2)cc1Nc1ccc2ncn(C)c(=O)c2c1. The van der Waals surface area contributed by atoms with Crippen LogP contribution in [0.4, 0.5) is 17.1 Å². The van der Waals surface area contributed by atoms with Crippen molar-refractivity contribution in [1.82, 2.24) is 14.5 Å². The first-order chi connectivity index (χ1) is 17.5. The first kappa shape index (κ1) is 25.6. The maximum Gasteiger partial charge on any atom is 0.260 e. The lowest BCUT2D eigenvalue weighted by Crippen LogP contribution is -2.39. The molecule has 1 heterocycles. The van der Waals surface area contributed by atoms with Gasteiger partial charge in [0.2, 0.25) is 5.91 Å². The molecule has 8 heteroatoms. The third kappa shape index (κ3) is 5.23. The molecule has 0 radical (unpaired) electrons. The molecule has 0 saturated carbocycles. The molecule has 2 N–H and O–H groups in total. The van der Waals surface area contributed by atoms with Crippen LogP contribution in [0.25, 0.3) is 10.9 Å². The van der Waals surface area contributed by atoms with Gasteiger partial charge in [0.05, 0.1) is 22.6 Å². The van der Waals surface area contributed by atoms with Crippen molar-refractivity contribution < 1.29 is 9.59 Å². The van der Waals surface area contributed by atoms with Crippen molar-refractivity contribution in [2.45, 2.75) is 26.2 Å². The second-order valence-electron chi connectivity index (χ2n) is 9.91. The van der Waals surface area contributed by atoms with Crippen LogP contribution in [-0.4, -0.2) is 40.4 Å². The van der Waals surface area contributed by atoms with Crippen molar-refractivity contribution in [3.05, 3.63) is 94.0 Å². The van der Waals surface area contributed by atoms with Crippen LogP contribution >= 0.6 is 0 Å². The third-order valence-electron chi connectivity index (χ3n) is 6.48. The highest BCUT2D eigenvalue weighted by Crippen LogP contribution is 2.28. The van der Waals surface area contributed by atoms with E-state index in [1.807, 2.05) is 51.1 Å². The number of carbonyl (C=O) groups is 2. The van der Waals surface area contributed by atoms with E-state index in [4.69, 9.17) is 0 Å². The highest BCUT2D eigenvalue weighted by Gasteiger charge is 2.31. The van der Waals surface area contributed by atoms with Crippen molar-refractivity contribution in [3.63, 3.8) is 0 Å². The van der Waals surface area contributed by atoms with E-state index in [2.05, 4.69) is 15.6 Å². The second-order valence-corrected chi connectivity index (χ2v) is 9.91. The maximum absolute atomic E-state index is 13.1. The number of nitrogens with zero attached hydrogens (tertiary/aromatic N) is 3. The predicted molar refractivity (Wildman–Crippen MR) is 148 cm³/mol. The van der Waals surface area contributed by atoms with Gasteiger partial charge >= 0.3 is 0 Å². The van der Waals surface area contributed by atoms with Gasteiger partial charge in [-0.15, -0.1) is 0 Å². The maximum atomic E-state index is 13.1. The monoisotopic (exact) mass is 497 g/mol. The molecule has 0 aliphatic heterocycles. The van der Waals surface area contributed by atoms with Gasteiger partial charge in [0.25, 0.3) is 11.5 Å². The lowest BCUT2D eigenvalue weighted by molar-refractivity contribution is -0.133. The molecule has 8 nitrogen and oxygen atoms in total. The van der Waals surface area contributed by atoms with Crippen LogP contribution in [0.15, 0.2) is 71.8 Å². The Balaban J connectivity index is 1.57. The van der Waals surface area contributed by atoms with E-state index < -0.39 is 5.41 Å². The molecule has 0 bridgehead atoms. The number of carbonyl (C=O) groups excluding carboxylic acids is 2. The largest absolute Gasteiger partial charge is 0.355 e. The number of hydrogen-bond acceptors (Lipinski definition) is 5. The van der Waals surface area contributed by atoms with E-state index in [1.54, 1.807) is 56.4 Å². The molecule has 0 fully saturated rings. The van der Waals surface area contributed by atoms with Crippen molar-refractivity contribution in [1.29, 1.82) is 0 Å². The number of rotatable bonds is 6. The van der Waals surface area contributed by atoms with Gasteiger partial charge in [-0.3, -0.25) is 14.4 Å². The summed E-state index contributed by atoms with van der Waals surface area (Å²) in [6.45, 7) is 5.66. The van der Waals surface area contributed by atoms with E-state index in [1.165, 1.54) is 10.9 Å². The molecular formula is C29H31N5O3. The van der Waals surface area contributed by atoms with Crippen molar-refractivity contribution in [2.24, 2.45) is 7.05 Å². The van der Waals surface area contributed by atoms with E-state index >= 15 is 0 Å². The zero-order valence-electron chi connectivity index (χ0n) is 21.9. The van der Waals surface area contributed by atoms with Gasteiger partial charge in [0.15, 0.2) is 0 Å². The molecule has 4 rings (SSSR count). The Kier molecular flexibility index (Phi) is 6.85. The molecule has 0 spiro atoms. The van der Waals surface area contributed by atoms with Crippen LogP contribution in [0.2, 0.25) is 0 Å². The van der Waals surface area contributed by atoms with E-state index in [0.29, 0.717) is 22.2 Å². The summed E-state index contributed by atoms with van der Waals surface area (Å²) in [4.78, 5) is 44.1. The molecule has 0 aliphatic rings. The molecule has 0 aliphatic carbocycles. The number of anilines is 3. The summed E-state index contributed by atoms with van der Waals surface area (Å²) in [7, 11) is 5.11. The fourth-order valence-corrected chi connectivity index (χ4v) is 4.21. The highest BCUT2D eigenvalue weighted by molar-refractivity contribution is 6.05. The minimum absolute atomic E-state index is 0.0402. The van der Waals surface area contributed by atoms with E-state index in [9.17, 15) is 14.4 Å². The smallest absolute Gasteiger partial charge is 0.260 e. The van der Waals surface area contributed by atoms with Gasteiger partial charge in [0.1, 0.15) is 0 Å². The number of likely N-dealkylation sites (N-methyl/N-ethyl adjacent to an activating group) is 1. The molecular weight excluding hydrogens is 466 g/mol. The number of aryl methyl sites for hydroxylation is 2. The van der Waals surface area contributed by atoms with Gasteiger partial charge in [0, 0.05) is 43.8 Å². The van der Waals surface area contributed by atoms with Crippen LogP contribution in [0, 0.1) is 6.92 Å². The molecule has 190 valence electrons. The Labute approximate surface area is 216 Å². The van der Waals surface area contributed by atoms with Crippen LogP contribution in [0.3, 0.4) is 0 Å². The van der Waals surface area contributed by atoms with Gasteiger partial charge in [-0.25, -0.2) is 4.98 Å². The quantitative estimate of drug-likeness (QED) is 0.406. The topological polar surface area (TPSA) is 96.3 Å². The fourth-order valence-electron chi connectivity index (χ4n) is 4.21. The van der Waals surface area contributed by atoms with Gasteiger partial charge < -0.3 is 20.1 Å². The van der Waals surface area contributed by atoms with Crippen molar-refractivity contribution in [2.75, 3.05) is 24.7 Å². The number of amides is 2. The highest BCUT2D eigenvalue weighted by atomic mass is 16.2. The van der Waals surface area contributed by atoms with E-state index in [0.717, 1.165) is 22.5 Å². The minimum atomic E-state index is -0.767. The lowest BCUT2D eigenvalue weighted by atomic mass is 9.82. The molecule has 1 aromatic heterocycles. The Morgan fingerprint density at radius 2 is 1.70 bits per heavy atom. The molecule has 0 unspecified atom stereocenters. The van der Waals surface area contributed by atoms with Crippen molar-refractivity contribution >= 4 is 39.8 Å². The summed E-state index contributed by atoms with van der Waals surface area (Å²) in [6.07, 6.45) is 1.50. The summed E-state index contributed by atoms with van der Waals surface area (Å²) in [5.74, 6) is -0.313. The van der Waals surface area contributed by atoms with Gasteiger partial charge in [-0.1, -0.05) is 18.2 Å². The Morgan fingerprint density at radius 3 is 2.43 bits per heavy atom. The zero-order chi connectivity index (χ0) is 26.9. The van der Waals surface area contributed by atoms with Crippen LogP contribution in [0.1, 0.15) is 35.3 Å². The minimum Gasteiger partial charge on any atom is -0.355 e. The molecule has 3 aromatic carbocycles. The first-order valence-corrected chi connectivity index (χ1v) is 11.9. The summed E-state index contributed by atoms with van der Waals surface area (Å²) in [5, 5.41) is 6.82. The van der Waals surface area contributed by atoms with Crippen molar-refractivity contribution in [3.8, 4) is 0 Å². The Hall–Kier alpha value is -4.46. The number of fused-ring (bicyclic) bond motifs is 1. The average molecular weight is 498 g/mol. The fraction of sp³-hybridized carbons (Fsp3) is 0.241. The second kappa shape index (κ2) is 9.89. The van der Waals surface area contributed by atoms with E-state index in [-0.39, 0.29) is 17.4 Å². The molecule has 0 saturated heterocycles. The Morgan fingerprint density at radius 1 is 0.973 bits per heavy atom. The Bertz CT molecular complexity index is 1570. The number of hydrogen-bond donors (Lipinski definition) is 2. The summed E-state index contributed by atoms with van der Waals surface area (Å²) < 4.78 is 1.44. The molecule has 0 atom stereocenters. The third-order valence-corrected chi connectivity index (χ3v) is 6.48. The number of benzene rings is 3. The van der Waals surface area contributed by atoms with Gasteiger partial charge in [-0.05, 0) is 74.4 Å². The van der Waals surface area contributed by atoms with Crippen LogP contribution in [-0.2, 0) is 17.3 Å². The zero-order valence-corrected chi connectivity index (χ0v) is 21.9.